The van der Waals surface area contributed by atoms with Gasteiger partial charge in [0.05, 0.1) is 5.56 Å². The first-order valence-electron chi connectivity index (χ1n) is 9.00. The number of halogens is 3. The van der Waals surface area contributed by atoms with Gasteiger partial charge in [-0.05, 0) is 48.9 Å². The standard InChI is InChI=1S/C21H23F3N2O3/c1-4-26(13-15-5-7-16(8-6-15)20(28)25(2)3)19(27)14-29-18-11-9-17(10-12-18)21(22,23)24/h5-12H,4,13-14H2,1-3H3. The average molecular weight is 408 g/mol. The van der Waals surface area contributed by atoms with Gasteiger partial charge in [-0.2, -0.15) is 13.2 Å². The van der Waals surface area contributed by atoms with Crippen LogP contribution in [0.25, 0.3) is 0 Å². The molecule has 0 radical (unpaired) electrons. The number of carbonyl (C=O) groups excluding carboxylic acids is 2. The molecule has 29 heavy (non-hydrogen) atoms. The fourth-order valence-electron chi connectivity index (χ4n) is 2.58. The Bertz CT molecular complexity index is 832. The number of hydrogen-bond acceptors (Lipinski definition) is 3. The monoisotopic (exact) mass is 408 g/mol. The summed E-state index contributed by atoms with van der Waals surface area (Å²) < 4.78 is 43.1. The molecule has 0 N–H and O–H groups in total. The second-order valence-electron chi connectivity index (χ2n) is 6.62. The minimum absolute atomic E-state index is 0.107. The number of ether oxygens (including phenoxy) is 1. The first-order valence-corrected chi connectivity index (χ1v) is 9.00. The minimum atomic E-state index is -4.42. The Hall–Kier alpha value is -3.03. The second-order valence-corrected chi connectivity index (χ2v) is 6.62. The van der Waals surface area contributed by atoms with E-state index < -0.39 is 11.7 Å². The molecule has 0 saturated carbocycles. The van der Waals surface area contributed by atoms with Gasteiger partial charge in [-0.25, -0.2) is 0 Å². The molecule has 8 heteroatoms. The third-order valence-corrected chi connectivity index (χ3v) is 4.26. The summed E-state index contributed by atoms with van der Waals surface area (Å²) in [7, 11) is 3.34. The highest BCUT2D eigenvalue weighted by Gasteiger charge is 2.30. The molecule has 0 saturated heterocycles. The van der Waals surface area contributed by atoms with E-state index in [1.54, 1.807) is 43.3 Å². The van der Waals surface area contributed by atoms with Crippen LogP contribution in [0.2, 0.25) is 0 Å². The molecule has 0 bridgehead atoms. The number of hydrogen-bond donors (Lipinski definition) is 0. The van der Waals surface area contributed by atoms with E-state index in [4.69, 9.17) is 4.74 Å². The largest absolute Gasteiger partial charge is 0.484 e. The van der Waals surface area contributed by atoms with Crippen LogP contribution in [-0.2, 0) is 17.5 Å². The van der Waals surface area contributed by atoms with Crippen LogP contribution in [0.1, 0.15) is 28.4 Å². The average Bonchev–Trinajstić information content (AvgIpc) is 2.69. The van der Waals surface area contributed by atoms with Crippen molar-refractivity contribution in [3.8, 4) is 5.75 Å². The van der Waals surface area contributed by atoms with Crippen LogP contribution in [-0.4, -0.2) is 48.9 Å². The molecule has 0 spiro atoms. The van der Waals surface area contributed by atoms with Gasteiger partial charge >= 0.3 is 6.18 Å². The zero-order valence-corrected chi connectivity index (χ0v) is 16.5. The van der Waals surface area contributed by atoms with Crippen LogP contribution in [0.3, 0.4) is 0 Å². The number of alkyl halides is 3. The maximum atomic E-state index is 12.6. The molecule has 0 atom stereocenters. The smallest absolute Gasteiger partial charge is 0.416 e. The summed E-state index contributed by atoms with van der Waals surface area (Å²) in [6.45, 7) is 2.31. The second kappa shape index (κ2) is 9.45. The lowest BCUT2D eigenvalue weighted by Gasteiger charge is -2.21. The third-order valence-electron chi connectivity index (χ3n) is 4.26. The summed E-state index contributed by atoms with van der Waals surface area (Å²) in [6.07, 6.45) is -4.42. The first-order chi connectivity index (χ1) is 13.6. The fraction of sp³-hybridized carbons (Fsp3) is 0.333. The molecule has 2 aromatic carbocycles. The highest BCUT2D eigenvalue weighted by atomic mass is 19.4. The molecule has 156 valence electrons. The Labute approximate surface area is 167 Å². The predicted octanol–water partition coefficient (Wildman–Crippen LogP) is 3.83. The molecule has 0 heterocycles. The summed E-state index contributed by atoms with van der Waals surface area (Å²) in [4.78, 5) is 27.4. The highest BCUT2D eigenvalue weighted by Crippen LogP contribution is 2.30. The van der Waals surface area contributed by atoms with Gasteiger partial charge in [0.2, 0.25) is 0 Å². The summed E-state index contributed by atoms with van der Waals surface area (Å²) in [5.41, 5.74) is 0.631. The lowest BCUT2D eigenvalue weighted by atomic mass is 10.1. The van der Waals surface area contributed by atoms with Crippen molar-refractivity contribution in [3.63, 3.8) is 0 Å². The van der Waals surface area contributed by atoms with Crippen molar-refractivity contribution in [1.82, 2.24) is 9.80 Å². The number of likely N-dealkylation sites (N-methyl/N-ethyl adjacent to an activating group) is 1. The van der Waals surface area contributed by atoms with Gasteiger partial charge < -0.3 is 14.5 Å². The van der Waals surface area contributed by atoms with Gasteiger partial charge in [-0.15, -0.1) is 0 Å². The summed E-state index contributed by atoms with van der Waals surface area (Å²) >= 11 is 0. The molecule has 0 aliphatic carbocycles. The van der Waals surface area contributed by atoms with E-state index in [9.17, 15) is 22.8 Å². The maximum Gasteiger partial charge on any atom is 0.416 e. The highest BCUT2D eigenvalue weighted by molar-refractivity contribution is 5.93. The van der Waals surface area contributed by atoms with Crippen molar-refractivity contribution < 1.29 is 27.5 Å². The quantitative estimate of drug-likeness (QED) is 0.700. The summed E-state index contributed by atoms with van der Waals surface area (Å²) in [5.74, 6) is -0.209. The summed E-state index contributed by atoms with van der Waals surface area (Å²) in [5, 5.41) is 0. The van der Waals surface area contributed by atoms with E-state index in [0.29, 0.717) is 18.7 Å². The zero-order chi connectivity index (χ0) is 21.6. The molecule has 2 rings (SSSR count). The van der Waals surface area contributed by atoms with Crippen LogP contribution < -0.4 is 4.74 Å². The van der Waals surface area contributed by atoms with E-state index in [2.05, 4.69) is 0 Å². The first kappa shape index (κ1) is 22.3. The van der Waals surface area contributed by atoms with Gasteiger partial charge in [0.1, 0.15) is 5.75 Å². The Morgan fingerprint density at radius 1 is 0.966 bits per heavy atom. The Morgan fingerprint density at radius 2 is 1.55 bits per heavy atom. The van der Waals surface area contributed by atoms with E-state index in [1.165, 1.54) is 17.0 Å². The van der Waals surface area contributed by atoms with Crippen molar-refractivity contribution >= 4 is 11.8 Å². The minimum Gasteiger partial charge on any atom is -0.484 e. The molecule has 0 aliphatic heterocycles. The topological polar surface area (TPSA) is 49.9 Å². The van der Waals surface area contributed by atoms with Crippen molar-refractivity contribution in [2.75, 3.05) is 27.2 Å². The molecule has 2 amide bonds. The Kier molecular flexibility index (Phi) is 7.25. The lowest BCUT2D eigenvalue weighted by molar-refractivity contribution is -0.137. The van der Waals surface area contributed by atoms with Gasteiger partial charge in [0.25, 0.3) is 11.8 Å². The van der Waals surface area contributed by atoms with E-state index in [-0.39, 0.29) is 24.2 Å². The number of rotatable bonds is 7. The van der Waals surface area contributed by atoms with Crippen molar-refractivity contribution in [1.29, 1.82) is 0 Å². The van der Waals surface area contributed by atoms with E-state index in [0.717, 1.165) is 17.7 Å². The molecule has 5 nitrogen and oxygen atoms in total. The van der Waals surface area contributed by atoms with Crippen molar-refractivity contribution in [2.45, 2.75) is 19.6 Å². The molecular formula is C21H23F3N2O3. The maximum absolute atomic E-state index is 12.6. The molecule has 0 aliphatic rings. The van der Waals surface area contributed by atoms with Crippen LogP contribution in [0, 0.1) is 0 Å². The van der Waals surface area contributed by atoms with Gasteiger partial charge in [-0.3, -0.25) is 9.59 Å². The lowest BCUT2D eigenvalue weighted by Crippen LogP contribution is -2.34. The number of carbonyl (C=O) groups is 2. The van der Waals surface area contributed by atoms with E-state index in [1.807, 2.05) is 6.92 Å². The van der Waals surface area contributed by atoms with Crippen molar-refractivity contribution in [3.05, 3.63) is 65.2 Å². The van der Waals surface area contributed by atoms with E-state index >= 15 is 0 Å². The summed E-state index contributed by atoms with van der Waals surface area (Å²) in [6, 6.07) is 11.2. The third kappa shape index (κ3) is 6.23. The normalized spacial score (nSPS) is 11.1. The van der Waals surface area contributed by atoms with Gasteiger partial charge in [-0.1, -0.05) is 12.1 Å². The number of benzene rings is 2. The number of amides is 2. The molecular weight excluding hydrogens is 385 g/mol. The van der Waals surface area contributed by atoms with Gasteiger partial charge in [0.15, 0.2) is 6.61 Å². The predicted molar refractivity (Wildman–Crippen MR) is 102 cm³/mol. The van der Waals surface area contributed by atoms with Crippen LogP contribution in [0.4, 0.5) is 13.2 Å². The number of nitrogens with zero attached hydrogens (tertiary/aromatic N) is 2. The Morgan fingerprint density at radius 3 is 2.03 bits per heavy atom. The SMILES string of the molecule is CCN(Cc1ccc(C(=O)N(C)C)cc1)C(=O)COc1ccc(C(F)(F)F)cc1. The van der Waals surface area contributed by atoms with Gasteiger partial charge in [0, 0.05) is 32.7 Å². The van der Waals surface area contributed by atoms with Crippen LogP contribution in [0.5, 0.6) is 5.75 Å². The fourth-order valence-corrected chi connectivity index (χ4v) is 2.58. The van der Waals surface area contributed by atoms with Crippen LogP contribution in [0.15, 0.2) is 48.5 Å². The molecule has 2 aromatic rings. The zero-order valence-electron chi connectivity index (χ0n) is 16.5. The Balaban J connectivity index is 1.94. The van der Waals surface area contributed by atoms with Crippen LogP contribution >= 0.6 is 0 Å². The molecule has 0 fully saturated rings. The van der Waals surface area contributed by atoms with Crippen molar-refractivity contribution in [2.24, 2.45) is 0 Å². The molecule has 0 aromatic heterocycles. The molecule has 0 unspecified atom stereocenters.